The summed E-state index contributed by atoms with van der Waals surface area (Å²) in [6.07, 6.45) is 9.93. The molecule has 4 aromatic rings. The maximum atomic E-state index is 14.8. The van der Waals surface area contributed by atoms with Gasteiger partial charge >= 0.3 is 6.09 Å². The second-order valence-electron chi connectivity index (χ2n) is 18.5. The van der Waals surface area contributed by atoms with Gasteiger partial charge in [0.1, 0.15) is 40.9 Å². The minimum atomic E-state index is -3.92. The van der Waals surface area contributed by atoms with E-state index >= 15 is 0 Å². The highest BCUT2D eigenvalue weighted by Gasteiger charge is 2.62. The van der Waals surface area contributed by atoms with Crippen molar-refractivity contribution in [1.29, 1.82) is 0 Å². The number of thiophene rings is 1. The number of benzene rings is 1. The van der Waals surface area contributed by atoms with Gasteiger partial charge in [-0.2, -0.15) is 4.98 Å². The first-order chi connectivity index (χ1) is 29.7. The first-order valence-electron chi connectivity index (χ1n) is 22.0. The predicted octanol–water partition coefficient (Wildman–Crippen LogP) is 6.79. The third-order valence-electron chi connectivity index (χ3n) is 12.7. The quantitative estimate of drug-likeness (QED) is 0.158. The number of sulfonamides is 1. The highest BCUT2D eigenvalue weighted by atomic mass is 32.2. The summed E-state index contributed by atoms with van der Waals surface area (Å²) in [5.41, 5.74) is -0.159. The van der Waals surface area contributed by atoms with Crippen molar-refractivity contribution in [3.63, 3.8) is 0 Å². The normalized spacial score (nSPS) is 26.3. The SMILES string of the molecule is CC(C)(C)c1ccc(-c2nc(O[C@@H]3C[C@H]4C(=O)N[C@]5(C(=O)NS(=O)(=O)C6CC6)C[C@H]5C=CCCCCC[C@H](NC(=O)OC5CCCC5)C(=O)N4C3)c3oc4ccccc4c3n2)s1. The van der Waals surface area contributed by atoms with Crippen LogP contribution in [0, 0.1) is 5.92 Å². The Balaban J connectivity index is 1.06. The number of amides is 4. The fourth-order valence-corrected chi connectivity index (χ4v) is 11.3. The number of alkyl carbamates (subject to hydrolysis) is 1. The molecule has 1 saturated heterocycles. The lowest BCUT2D eigenvalue weighted by molar-refractivity contribution is -0.141. The third kappa shape index (κ3) is 8.66. The molecule has 17 heteroatoms. The number of para-hydroxylation sites is 1. The molecule has 330 valence electrons. The van der Waals surface area contributed by atoms with Crippen LogP contribution in [0.3, 0.4) is 0 Å². The van der Waals surface area contributed by atoms with Gasteiger partial charge in [0.15, 0.2) is 5.82 Å². The molecule has 0 radical (unpaired) electrons. The number of nitrogens with zero attached hydrogens (tertiary/aromatic N) is 3. The van der Waals surface area contributed by atoms with Crippen LogP contribution in [0.2, 0.25) is 0 Å². The van der Waals surface area contributed by atoms with Crippen molar-refractivity contribution in [3.8, 4) is 16.6 Å². The topological polar surface area (TPSA) is 199 Å². The fourth-order valence-electron chi connectivity index (χ4n) is 8.96. The van der Waals surface area contributed by atoms with Crippen LogP contribution in [0.25, 0.3) is 32.8 Å². The smallest absolute Gasteiger partial charge is 0.408 e. The second-order valence-corrected chi connectivity index (χ2v) is 21.6. The number of hydrogen-bond donors (Lipinski definition) is 3. The van der Waals surface area contributed by atoms with E-state index in [9.17, 15) is 27.6 Å². The number of fused-ring (bicyclic) bond motifs is 5. The molecule has 5 aliphatic rings. The molecule has 62 heavy (non-hydrogen) atoms. The van der Waals surface area contributed by atoms with Crippen molar-refractivity contribution in [3.05, 3.63) is 53.4 Å². The molecule has 3 aliphatic carbocycles. The van der Waals surface area contributed by atoms with Crippen LogP contribution < -0.4 is 20.1 Å². The van der Waals surface area contributed by atoms with Gasteiger partial charge in [0, 0.05) is 22.6 Å². The molecule has 4 fully saturated rings. The second kappa shape index (κ2) is 16.6. The van der Waals surface area contributed by atoms with E-state index in [1.165, 1.54) is 4.90 Å². The molecule has 1 aromatic carbocycles. The van der Waals surface area contributed by atoms with E-state index in [2.05, 4.69) is 42.2 Å². The fraction of sp³-hybridized carbons (Fsp3) is 0.556. The average Bonchev–Trinajstić information content (AvgIpc) is 3.86. The number of furan rings is 1. The van der Waals surface area contributed by atoms with Gasteiger partial charge in [0.05, 0.1) is 16.7 Å². The van der Waals surface area contributed by atoms with Crippen molar-refractivity contribution < 1.29 is 41.5 Å². The van der Waals surface area contributed by atoms with Crippen molar-refractivity contribution in [2.24, 2.45) is 5.92 Å². The lowest BCUT2D eigenvalue weighted by Gasteiger charge is -2.30. The van der Waals surface area contributed by atoms with E-state index in [0.29, 0.717) is 54.6 Å². The lowest BCUT2D eigenvalue weighted by atomic mass is 9.95. The molecule has 4 amide bonds. The van der Waals surface area contributed by atoms with E-state index in [4.69, 9.17) is 23.9 Å². The molecular formula is C45H54N6O9S2. The van der Waals surface area contributed by atoms with Crippen molar-refractivity contribution in [2.75, 3.05) is 6.54 Å². The van der Waals surface area contributed by atoms with Crippen LogP contribution in [0.15, 0.2) is 53.0 Å². The van der Waals surface area contributed by atoms with Gasteiger partial charge in [-0.05, 0) is 93.9 Å². The summed E-state index contributed by atoms with van der Waals surface area (Å²) in [5, 5.41) is 5.89. The maximum absolute atomic E-state index is 14.8. The number of carbonyl (C=O) groups excluding carboxylic acids is 4. The largest absolute Gasteiger partial charge is 0.470 e. The van der Waals surface area contributed by atoms with Gasteiger partial charge in [0.2, 0.25) is 27.4 Å². The lowest BCUT2D eigenvalue weighted by Crippen LogP contribution is -2.58. The molecular weight excluding hydrogens is 833 g/mol. The van der Waals surface area contributed by atoms with E-state index in [1.54, 1.807) is 11.3 Å². The summed E-state index contributed by atoms with van der Waals surface area (Å²) in [6.45, 7) is 6.37. The Kier molecular flexibility index (Phi) is 11.3. The monoisotopic (exact) mass is 886 g/mol. The Bertz CT molecular complexity index is 2540. The molecule has 9 rings (SSSR count). The van der Waals surface area contributed by atoms with Gasteiger partial charge in [-0.25, -0.2) is 18.2 Å². The molecule has 3 saturated carbocycles. The summed E-state index contributed by atoms with van der Waals surface area (Å²) in [6, 6.07) is 9.42. The average molecular weight is 887 g/mol. The third-order valence-corrected chi connectivity index (χ3v) is 16.1. The maximum Gasteiger partial charge on any atom is 0.408 e. The summed E-state index contributed by atoms with van der Waals surface area (Å²) in [4.78, 5) is 69.9. The Morgan fingerprint density at radius 2 is 1.74 bits per heavy atom. The molecule has 5 heterocycles. The Morgan fingerprint density at radius 3 is 2.50 bits per heavy atom. The highest BCUT2D eigenvalue weighted by Crippen LogP contribution is 2.46. The molecule has 3 N–H and O–H groups in total. The van der Waals surface area contributed by atoms with Gasteiger partial charge in [-0.15, -0.1) is 11.3 Å². The van der Waals surface area contributed by atoms with Gasteiger partial charge in [-0.1, -0.05) is 57.9 Å². The zero-order chi connectivity index (χ0) is 43.4. The number of nitrogens with one attached hydrogen (secondary N) is 3. The minimum absolute atomic E-state index is 0.00359. The van der Waals surface area contributed by atoms with Crippen molar-refractivity contribution >= 4 is 67.2 Å². The minimum Gasteiger partial charge on any atom is -0.470 e. The molecule has 3 aromatic heterocycles. The number of rotatable bonds is 8. The van der Waals surface area contributed by atoms with Crippen LogP contribution in [0.1, 0.15) is 109 Å². The molecule has 2 aliphatic heterocycles. The number of aromatic nitrogens is 2. The predicted molar refractivity (Wildman–Crippen MR) is 233 cm³/mol. The summed E-state index contributed by atoms with van der Waals surface area (Å²) < 4.78 is 47.0. The molecule has 0 bridgehead atoms. The molecule has 5 atom stereocenters. The van der Waals surface area contributed by atoms with Crippen LogP contribution in [0.5, 0.6) is 5.88 Å². The van der Waals surface area contributed by atoms with Crippen molar-refractivity contribution in [1.82, 2.24) is 30.2 Å². The molecule has 0 spiro atoms. The zero-order valence-corrected chi connectivity index (χ0v) is 36.9. The van der Waals surface area contributed by atoms with Crippen molar-refractivity contribution in [2.45, 2.75) is 145 Å². The number of allylic oxidation sites excluding steroid dienone is 1. The molecule has 0 unspecified atom stereocenters. The van der Waals surface area contributed by atoms with E-state index < -0.39 is 68.7 Å². The van der Waals surface area contributed by atoms with E-state index in [-0.39, 0.29) is 36.8 Å². The number of carbonyl (C=O) groups is 4. The Morgan fingerprint density at radius 1 is 0.968 bits per heavy atom. The Labute approximate surface area is 364 Å². The van der Waals surface area contributed by atoms with E-state index in [1.807, 2.05) is 42.5 Å². The van der Waals surface area contributed by atoms with Gasteiger partial charge in [-0.3, -0.25) is 19.1 Å². The van der Waals surface area contributed by atoms with Crippen LogP contribution in [-0.4, -0.2) is 88.7 Å². The van der Waals surface area contributed by atoms with Gasteiger partial charge in [0.25, 0.3) is 11.8 Å². The first-order valence-corrected chi connectivity index (χ1v) is 24.3. The van der Waals surface area contributed by atoms with Gasteiger partial charge < -0.3 is 29.4 Å². The number of ether oxygens (including phenoxy) is 2. The molecule has 15 nitrogen and oxygen atoms in total. The zero-order valence-electron chi connectivity index (χ0n) is 35.3. The Hall–Kier alpha value is -5.03. The summed E-state index contributed by atoms with van der Waals surface area (Å²) >= 11 is 1.59. The highest BCUT2D eigenvalue weighted by molar-refractivity contribution is 7.91. The van der Waals surface area contributed by atoms with Crippen LogP contribution >= 0.6 is 11.3 Å². The van der Waals surface area contributed by atoms with Crippen LogP contribution in [0.4, 0.5) is 4.79 Å². The standard InChI is InChI=1S/C45H54N6O9S2/c1-44(2,3)35-22-21-34(61-35)38-47-36-30-16-11-12-18-33(30)60-37(36)40(48-38)58-28-23-32-39(52)49-45(42(54)50-62(56,57)29-19-20-29)24-26(45)13-7-5-4-6-8-17-31(41(53)51(32)25-28)46-43(55)59-27-14-9-10-15-27/h7,11-13,16,18,21-22,26-29,31-32H,4-6,8-10,14-15,17,19-20,23-25H2,1-3H3,(H,46,55)(H,49,52)(H,50,54)/t26-,28-,31+,32+,45-/m1/s1. The van der Waals surface area contributed by atoms with E-state index in [0.717, 1.165) is 53.7 Å². The number of hydrogen-bond acceptors (Lipinski definition) is 12. The summed E-state index contributed by atoms with van der Waals surface area (Å²) in [7, 11) is -3.92. The summed E-state index contributed by atoms with van der Waals surface area (Å²) in [5.74, 6) is -1.77. The first kappa shape index (κ1) is 42.3. The van der Waals surface area contributed by atoms with Crippen LogP contribution in [-0.2, 0) is 34.6 Å².